The van der Waals surface area contributed by atoms with Gasteiger partial charge in [-0.1, -0.05) is 46.3 Å². The molecule has 0 radical (unpaired) electrons. The first kappa shape index (κ1) is 12.5. The van der Waals surface area contributed by atoms with E-state index in [-0.39, 0.29) is 11.1 Å². The Labute approximate surface area is 113 Å². The van der Waals surface area contributed by atoms with E-state index in [4.69, 9.17) is 0 Å². The minimum Gasteiger partial charge on any atom is -0.196 e. The standard InChI is InChI=1S/C15H14B2F2/c1-7-3-5-9-10-6-4-8(2)14(17)12(10)15(18,19)11(9)13(7)16/h3-6H,16-17H2,1-2H3. The molecular weight excluding hydrogens is 240 g/mol. The molecule has 0 heterocycles. The Morgan fingerprint density at radius 2 is 1.16 bits per heavy atom. The van der Waals surface area contributed by atoms with Gasteiger partial charge >= 0.3 is 0 Å². The van der Waals surface area contributed by atoms with E-state index in [1.54, 1.807) is 15.7 Å². The highest BCUT2D eigenvalue weighted by Crippen LogP contribution is 2.49. The molecule has 0 aliphatic heterocycles. The maximum atomic E-state index is 14.8. The zero-order chi connectivity index (χ0) is 13.9. The predicted molar refractivity (Wildman–Crippen MR) is 80.7 cm³/mol. The lowest BCUT2D eigenvalue weighted by atomic mass is 9.81. The molecule has 0 N–H and O–H groups in total. The van der Waals surface area contributed by atoms with Crippen molar-refractivity contribution in [3.05, 3.63) is 46.5 Å². The highest BCUT2D eigenvalue weighted by Gasteiger charge is 2.46. The van der Waals surface area contributed by atoms with E-state index in [1.807, 2.05) is 38.1 Å². The molecule has 2 aromatic carbocycles. The molecule has 0 aromatic heterocycles. The minimum absolute atomic E-state index is 0.191. The van der Waals surface area contributed by atoms with Crippen molar-refractivity contribution in [1.82, 2.24) is 0 Å². The van der Waals surface area contributed by atoms with Gasteiger partial charge in [0.2, 0.25) is 0 Å². The number of aryl methyl sites for hydroxylation is 2. The monoisotopic (exact) mass is 254 g/mol. The van der Waals surface area contributed by atoms with E-state index in [0.717, 1.165) is 11.1 Å². The number of alkyl halides is 2. The minimum atomic E-state index is -2.88. The van der Waals surface area contributed by atoms with Crippen LogP contribution in [0.2, 0.25) is 0 Å². The molecular formula is C15H14B2F2. The predicted octanol–water partition coefficient (Wildman–Crippen LogP) is 0.941. The summed E-state index contributed by atoms with van der Waals surface area (Å²) in [5.41, 5.74) is 5.00. The maximum absolute atomic E-state index is 14.8. The molecule has 0 spiro atoms. The van der Waals surface area contributed by atoms with E-state index in [1.165, 1.54) is 0 Å². The van der Waals surface area contributed by atoms with Crippen molar-refractivity contribution in [1.29, 1.82) is 0 Å². The van der Waals surface area contributed by atoms with Crippen LogP contribution in [-0.2, 0) is 5.92 Å². The molecule has 0 saturated heterocycles. The van der Waals surface area contributed by atoms with Crippen molar-refractivity contribution in [3.8, 4) is 11.1 Å². The van der Waals surface area contributed by atoms with E-state index in [2.05, 4.69) is 0 Å². The Morgan fingerprint density at radius 1 is 0.789 bits per heavy atom. The van der Waals surface area contributed by atoms with Crippen LogP contribution >= 0.6 is 0 Å². The molecule has 1 aliphatic carbocycles. The number of hydrogen-bond donors (Lipinski definition) is 0. The lowest BCUT2D eigenvalue weighted by molar-refractivity contribution is 0.0501. The molecule has 0 saturated carbocycles. The molecule has 4 heteroatoms. The molecule has 3 rings (SSSR count). The van der Waals surface area contributed by atoms with Gasteiger partial charge in [-0.25, -0.2) is 0 Å². The fourth-order valence-corrected chi connectivity index (χ4v) is 3.01. The van der Waals surface area contributed by atoms with Crippen molar-refractivity contribution in [2.45, 2.75) is 19.8 Å². The van der Waals surface area contributed by atoms with Gasteiger partial charge in [0.05, 0.1) is 0 Å². The zero-order valence-electron chi connectivity index (χ0n) is 11.6. The van der Waals surface area contributed by atoms with Gasteiger partial charge in [-0.3, -0.25) is 0 Å². The number of halogens is 2. The molecule has 94 valence electrons. The first-order valence-corrected chi connectivity index (χ1v) is 6.45. The van der Waals surface area contributed by atoms with Crippen LogP contribution in [-0.4, -0.2) is 15.7 Å². The number of fused-ring (bicyclic) bond motifs is 3. The van der Waals surface area contributed by atoms with Gasteiger partial charge in [-0.15, -0.1) is 0 Å². The van der Waals surface area contributed by atoms with Crippen molar-refractivity contribution >= 4 is 26.6 Å². The third-order valence-corrected chi connectivity index (χ3v) is 4.39. The summed E-state index contributed by atoms with van der Waals surface area (Å²) in [6.45, 7) is 3.76. The second kappa shape index (κ2) is 3.72. The number of hydrogen-bond acceptors (Lipinski definition) is 0. The maximum Gasteiger partial charge on any atom is 0.298 e. The van der Waals surface area contributed by atoms with Crippen LogP contribution in [0.15, 0.2) is 24.3 Å². The zero-order valence-corrected chi connectivity index (χ0v) is 11.6. The Hall–Kier alpha value is -1.57. The van der Waals surface area contributed by atoms with Gasteiger partial charge in [-0.2, -0.15) is 8.78 Å². The summed E-state index contributed by atoms with van der Waals surface area (Å²) >= 11 is 0. The molecule has 0 unspecified atom stereocenters. The van der Waals surface area contributed by atoms with Gasteiger partial charge in [0, 0.05) is 11.1 Å². The van der Waals surface area contributed by atoms with Gasteiger partial charge in [-0.05, 0) is 25.0 Å². The fourth-order valence-electron chi connectivity index (χ4n) is 3.01. The quantitative estimate of drug-likeness (QED) is 0.614. The molecule has 0 bridgehead atoms. The largest absolute Gasteiger partial charge is 0.298 e. The van der Waals surface area contributed by atoms with E-state index < -0.39 is 5.92 Å². The van der Waals surface area contributed by atoms with Crippen molar-refractivity contribution in [3.63, 3.8) is 0 Å². The second-order valence-corrected chi connectivity index (χ2v) is 5.43. The van der Waals surface area contributed by atoms with Crippen LogP contribution in [0, 0.1) is 13.8 Å². The van der Waals surface area contributed by atoms with E-state index >= 15 is 0 Å². The first-order valence-electron chi connectivity index (χ1n) is 6.45. The SMILES string of the molecule is Bc1c(C)ccc2c1C(F)(F)c1c-2ccc(C)c1B. The fraction of sp³-hybridized carbons (Fsp3) is 0.200. The highest BCUT2D eigenvalue weighted by molar-refractivity contribution is 6.37. The molecule has 1 aliphatic rings. The number of rotatable bonds is 0. The highest BCUT2D eigenvalue weighted by atomic mass is 19.3. The van der Waals surface area contributed by atoms with Crippen molar-refractivity contribution < 1.29 is 8.78 Å². The van der Waals surface area contributed by atoms with E-state index in [0.29, 0.717) is 22.1 Å². The topological polar surface area (TPSA) is 0 Å². The summed E-state index contributed by atoms with van der Waals surface area (Å²) in [6, 6.07) is 7.50. The first-order chi connectivity index (χ1) is 8.85. The van der Waals surface area contributed by atoms with Crippen LogP contribution in [0.4, 0.5) is 8.78 Å². The summed E-state index contributed by atoms with van der Waals surface area (Å²) in [5.74, 6) is -2.88. The van der Waals surface area contributed by atoms with Gasteiger partial charge in [0.25, 0.3) is 5.92 Å². The van der Waals surface area contributed by atoms with Gasteiger partial charge in [0.15, 0.2) is 0 Å². The third kappa shape index (κ3) is 1.46. The normalized spacial score (nSPS) is 15.2. The van der Waals surface area contributed by atoms with Crippen LogP contribution in [0.25, 0.3) is 11.1 Å². The average molecular weight is 254 g/mol. The summed E-state index contributed by atoms with van der Waals surface area (Å²) in [6.07, 6.45) is 0. The summed E-state index contributed by atoms with van der Waals surface area (Å²) in [4.78, 5) is 0. The average Bonchev–Trinajstić information content (AvgIpc) is 2.58. The Morgan fingerprint density at radius 3 is 1.53 bits per heavy atom. The van der Waals surface area contributed by atoms with Crippen LogP contribution in [0.3, 0.4) is 0 Å². The third-order valence-electron chi connectivity index (χ3n) is 4.39. The lowest BCUT2D eigenvalue weighted by Gasteiger charge is -2.18. The van der Waals surface area contributed by atoms with Crippen LogP contribution < -0.4 is 10.9 Å². The summed E-state index contributed by atoms with van der Waals surface area (Å²) in [5, 5.41) is 0. The lowest BCUT2D eigenvalue weighted by Crippen LogP contribution is -2.28. The Balaban J connectivity index is 2.46. The smallest absolute Gasteiger partial charge is 0.196 e. The molecule has 0 amide bonds. The molecule has 0 nitrogen and oxygen atoms in total. The van der Waals surface area contributed by atoms with Gasteiger partial charge < -0.3 is 0 Å². The summed E-state index contributed by atoms with van der Waals surface area (Å²) < 4.78 is 29.6. The summed E-state index contributed by atoms with van der Waals surface area (Å²) in [7, 11) is 3.58. The number of benzene rings is 2. The molecule has 0 fully saturated rings. The molecule has 19 heavy (non-hydrogen) atoms. The second-order valence-electron chi connectivity index (χ2n) is 5.43. The van der Waals surface area contributed by atoms with Gasteiger partial charge in [0.1, 0.15) is 15.7 Å². The molecule has 2 aromatic rings. The van der Waals surface area contributed by atoms with Crippen LogP contribution in [0.5, 0.6) is 0 Å². The Bertz CT molecular complexity index is 646. The van der Waals surface area contributed by atoms with Crippen molar-refractivity contribution in [2.24, 2.45) is 0 Å². The van der Waals surface area contributed by atoms with Crippen LogP contribution in [0.1, 0.15) is 22.3 Å². The molecule has 0 atom stereocenters. The Kier molecular flexibility index (Phi) is 2.44. The van der Waals surface area contributed by atoms with E-state index in [9.17, 15) is 8.78 Å². The van der Waals surface area contributed by atoms with Crippen molar-refractivity contribution in [2.75, 3.05) is 0 Å².